The van der Waals surface area contributed by atoms with E-state index in [0.29, 0.717) is 5.15 Å². The lowest BCUT2D eigenvalue weighted by Crippen LogP contribution is -2.01. The van der Waals surface area contributed by atoms with E-state index in [0.717, 1.165) is 21.3 Å². The van der Waals surface area contributed by atoms with Gasteiger partial charge in [-0.05, 0) is 19.1 Å². The van der Waals surface area contributed by atoms with Crippen LogP contribution < -0.4 is 0 Å². The van der Waals surface area contributed by atoms with Crippen LogP contribution in [0.3, 0.4) is 0 Å². The van der Waals surface area contributed by atoms with Crippen molar-refractivity contribution in [2.24, 2.45) is 0 Å². The number of halogens is 1. The third-order valence-corrected chi connectivity index (χ3v) is 3.91. The number of hydrogen-bond donors (Lipinski definition) is 0. The molecule has 0 radical (unpaired) electrons. The van der Waals surface area contributed by atoms with Crippen LogP contribution >= 0.6 is 23.4 Å². The lowest BCUT2D eigenvalue weighted by atomic mass is 10.2. The predicted octanol–water partition coefficient (Wildman–Crippen LogP) is 4.11. The minimum Gasteiger partial charge on any atom is -0.265 e. The van der Waals surface area contributed by atoms with E-state index in [1.54, 1.807) is 24.2 Å². The first-order chi connectivity index (χ1) is 8.58. The first-order valence-corrected chi connectivity index (χ1v) is 6.89. The van der Waals surface area contributed by atoms with Gasteiger partial charge in [-0.3, -0.25) is 4.98 Å². The van der Waals surface area contributed by atoms with Gasteiger partial charge in [0.2, 0.25) is 0 Å². The van der Waals surface area contributed by atoms with Crippen LogP contribution in [0.15, 0.2) is 34.4 Å². The Morgan fingerprint density at radius 2 is 1.83 bits per heavy atom. The van der Waals surface area contributed by atoms with Crippen molar-refractivity contribution in [3.63, 3.8) is 0 Å². The molecule has 0 bridgehead atoms. The van der Waals surface area contributed by atoms with E-state index in [1.807, 2.05) is 19.1 Å². The fourth-order valence-electron chi connectivity index (χ4n) is 1.36. The summed E-state index contributed by atoms with van der Waals surface area (Å²) in [5.41, 5.74) is 0.919. The molecule has 3 nitrogen and oxygen atoms in total. The van der Waals surface area contributed by atoms with Gasteiger partial charge in [0.25, 0.3) is 0 Å². The van der Waals surface area contributed by atoms with Gasteiger partial charge < -0.3 is 0 Å². The Balaban J connectivity index is 2.38. The Kier molecular flexibility index (Phi) is 4.19. The van der Waals surface area contributed by atoms with Crippen LogP contribution in [0.5, 0.6) is 0 Å². The maximum atomic E-state index is 6.15. The second kappa shape index (κ2) is 5.67. The molecule has 5 heteroatoms. The maximum absolute atomic E-state index is 6.15. The minimum atomic E-state index is 0.264. The Morgan fingerprint density at radius 1 is 1.17 bits per heavy atom. The first-order valence-electron chi connectivity index (χ1n) is 5.70. The van der Waals surface area contributed by atoms with E-state index in [2.05, 4.69) is 28.8 Å². The van der Waals surface area contributed by atoms with Crippen LogP contribution in [-0.4, -0.2) is 15.0 Å². The van der Waals surface area contributed by atoms with E-state index in [9.17, 15) is 0 Å². The first kappa shape index (κ1) is 13.3. The van der Waals surface area contributed by atoms with Crippen molar-refractivity contribution in [1.82, 2.24) is 15.0 Å². The average Bonchev–Trinajstić information content (AvgIpc) is 2.35. The summed E-state index contributed by atoms with van der Waals surface area (Å²) in [6.07, 6.45) is 3.54. The topological polar surface area (TPSA) is 38.7 Å². The summed E-state index contributed by atoms with van der Waals surface area (Å²) < 4.78 is 0. The van der Waals surface area contributed by atoms with Crippen molar-refractivity contribution < 1.29 is 0 Å². The van der Waals surface area contributed by atoms with Crippen LogP contribution in [0.2, 0.25) is 5.15 Å². The van der Waals surface area contributed by atoms with E-state index in [1.165, 1.54) is 0 Å². The number of rotatable bonds is 3. The molecular weight excluding hydrogens is 266 g/mol. The van der Waals surface area contributed by atoms with Gasteiger partial charge in [0.15, 0.2) is 0 Å². The summed E-state index contributed by atoms with van der Waals surface area (Å²) in [7, 11) is 0. The average molecular weight is 280 g/mol. The molecule has 0 aliphatic rings. The fourth-order valence-corrected chi connectivity index (χ4v) is 2.46. The smallest absolute Gasteiger partial charge is 0.136 e. The van der Waals surface area contributed by atoms with E-state index in [-0.39, 0.29) is 5.92 Å². The highest BCUT2D eigenvalue weighted by Gasteiger charge is 2.12. The van der Waals surface area contributed by atoms with Gasteiger partial charge in [-0.15, -0.1) is 0 Å². The zero-order chi connectivity index (χ0) is 13.1. The number of nitrogens with zero attached hydrogens (tertiary/aromatic N) is 3. The highest BCUT2D eigenvalue weighted by molar-refractivity contribution is 7.99. The van der Waals surface area contributed by atoms with Crippen LogP contribution in [0, 0.1) is 6.92 Å². The molecule has 0 spiro atoms. The zero-order valence-corrected chi connectivity index (χ0v) is 12.1. The Morgan fingerprint density at radius 3 is 2.44 bits per heavy atom. The van der Waals surface area contributed by atoms with Crippen molar-refractivity contribution >= 4 is 23.4 Å². The summed E-state index contributed by atoms with van der Waals surface area (Å²) in [6, 6.07) is 3.91. The summed E-state index contributed by atoms with van der Waals surface area (Å²) in [4.78, 5) is 14.0. The van der Waals surface area contributed by atoms with Crippen molar-refractivity contribution in [1.29, 1.82) is 0 Å². The normalized spacial score (nSPS) is 10.9. The fraction of sp³-hybridized carbons (Fsp3) is 0.308. The number of aromatic nitrogens is 3. The van der Waals surface area contributed by atoms with Gasteiger partial charge in [0.05, 0.1) is 0 Å². The molecule has 0 saturated carbocycles. The summed E-state index contributed by atoms with van der Waals surface area (Å²) in [6.45, 7) is 6.06. The summed E-state index contributed by atoms with van der Waals surface area (Å²) in [5.74, 6) is 1.04. The molecule has 18 heavy (non-hydrogen) atoms. The molecule has 2 heterocycles. The minimum absolute atomic E-state index is 0.264. The Labute approximate surface area is 116 Å². The third-order valence-electron chi connectivity index (χ3n) is 2.44. The SMILES string of the molecule is Cc1c(Cl)nc(C(C)C)nc1Sc1ccncc1. The van der Waals surface area contributed by atoms with Crippen molar-refractivity contribution in [3.8, 4) is 0 Å². The maximum Gasteiger partial charge on any atom is 0.136 e. The molecule has 0 aliphatic carbocycles. The van der Waals surface area contributed by atoms with E-state index < -0.39 is 0 Å². The lowest BCUT2D eigenvalue weighted by molar-refractivity contribution is 0.747. The zero-order valence-electron chi connectivity index (χ0n) is 10.5. The van der Waals surface area contributed by atoms with Gasteiger partial charge in [0, 0.05) is 28.8 Å². The van der Waals surface area contributed by atoms with Gasteiger partial charge in [0.1, 0.15) is 16.0 Å². The standard InChI is InChI=1S/C13H14ClN3S/c1-8(2)12-16-11(14)9(3)13(17-12)18-10-4-6-15-7-5-10/h4-8H,1-3H3. The van der Waals surface area contributed by atoms with Crippen LogP contribution in [0.4, 0.5) is 0 Å². The molecule has 0 unspecified atom stereocenters. The second-order valence-electron chi connectivity index (χ2n) is 4.24. The molecule has 2 rings (SSSR count). The molecule has 2 aromatic rings. The predicted molar refractivity (Wildman–Crippen MR) is 74.2 cm³/mol. The summed E-state index contributed by atoms with van der Waals surface area (Å²) >= 11 is 7.74. The monoisotopic (exact) mass is 279 g/mol. The van der Waals surface area contributed by atoms with Gasteiger partial charge in [-0.2, -0.15) is 0 Å². The molecule has 0 atom stereocenters. The molecule has 0 amide bonds. The largest absolute Gasteiger partial charge is 0.265 e. The lowest BCUT2D eigenvalue weighted by Gasteiger charge is -2.10. The Bertz CT molecular complexity index is 543. The third kappa shape index (κ3) is 3.00. The summed E-state index contributed by atoms with van der Waals surface area (Å²) in [5, 5.41) is 1.44. The van der Waals surface area contributed by atoms with E-state index >= 15 is 0 Å². The van der Waals surface area contributed by atoms with Gasteiger partial charge in [-0.25, -0.2) is 9.97 Å². The van der Waals surface area contributed by atoms with Gasteiger partial charge >= 0.3 is 0 Å². The molecular formula is C13H14ClN3S. The highest BCUT2D eigenvalue weighted by atomic mass is 35.5. The molecule has 94 valence electrons. The molecule has 2 aromatic heterocycles. The number of hydrogen-bond acceptors (Lipinski definition) is 4. The molecule has 0 aromatic carbocycles. The second-order valence-corrected chi connectivity index (χ2v) is 5.66. The van der Waals surface area contributed by atoms with Crippen molar-refractivity contribution in [2.75, 3.05) is 0 Å². The van der Waals surface area contributed by atoms with Crippen molar-refractivity contribution in [2.45, 2.75) is 36.6 Å². The van der Waals surface area contributed by atoms with E-state index in [4.69, 9.17) is 11.6 Å². The van der Waals surface area contributed by atoms with Crippen LogP contribution in [0.1, 0.15) is 31.2 Å². The molecule has 0 fully saturated rings. The molecule has 0 N–H and O–H groups in total. The molecule has 0 aliphatic heterocycles. The highest BCUT2D eigenvalue weighted by Crippen LogP contribution is 2.31. The van der Waals surface area contributed by atoms with Gasteiger partial charge in [-0.1, -0.05) is 37.2 Å². The molecule has 0 saturated heterocycles. The van der Waals surface area contributed by atoms with Crippen molar-refractivity contribution in [3.05, 3.63) is 41.1 Å². The quantitative estimate of drug-likeness (QED) is 0.793. The van der Waals surface area contributed by atoms with Crippen LogP contribution in [0.25, 0.3) is 0 Å². The number of pyridine rings is 1. The Hall–Kier alpha value is -1.13. The van der Waals surface area contributed by atoms with Crippen LogP contribution in [-0.2, 0) is 0 Å².